The molecular formula is C19H19N3O2S. The van der Waals surface area contributed by atoms with Gasteiger partial charge in [-0.15, -0.1) is 0 Å². The maximum absolute atomic E-state index is 12.8. The van der Waals surface area contributed by atoms with Crippen LogP contribution in [0.3, 0.4) is 0 Å². The van der Waals surface area contributed by atoms with Crippen LogP contribution in [0.25, 0.3) is 10.2 Å². The molecule has 2 amide bonds. The normalized spacial score (nSPS) is 17.0. The molecule has 1 atom stereocenters. The van der Waals surface area contributed by atoms with E-state index in [1.165, 1.54) is 11.3 Å². The van der Waals surface area contributed by atoms with Gasteiger partial charge in [0.25, 0.3) is 0 Å². The number of urea groups is 1. The Kier molecular flexibility index (Phi) is 4.28. The molecule has 1 aliphatic heterocycles. The zero-order chi connectivity index (χ0) is 17.2. The van der Waals surface area contributed by atoms with Crippen molar-refractivity contribution in [3.63, 3.8) is 0 Å². The predicted octanol–water partition coefficient (Wildman–Crippen LogP) is 4.67. The van der Waals surface area contributed by atoms with E-state index in [4.69, 9.17) is 4.74 Å². The van der Waals surface area contributed by atoms with E-state index in [1.54, 1.807) is 7.11 Å². The Morgan fingerprint density at radius 3 is 2.80 bits per heavy atom. The number of methoxy groups -OCH3 is 1. The zero-order valence-electron chi connectivity index (χ0n) is 13.9. The van der Waals surface area contributed by atoms with Crippen molar-refractivity contribution in [1.29, 1.82) is 0 Å². The number of fused-ring (bicyclic) bond motifs is 1. The molecule has 1 aliphatic rings. The Labute approximate surface area is 150 Å². The van der Waals surface area contributed by atoms with Gasteiger partial charge in [-0.1, -0.05) is 35.6 Å². The summed E-state index contributed by atoms with van der Waals surface area (Å²) in [6.07, 6.45) is 1.98. The van der Waals surface area contributed by atoms with Crippen LogP contribution in [0, 0.1) is 0 Å². The molecule has 5 nitrogen and oxygen atoms in total. The topological polar surface area (TPSA) is 54.5 Å². The van der Waals surface area contributed by atoms with E-state index in [0.717, 1.165) is 40.9 Å². The molecule has 0 radical (unpaired) electrons. The zero-order valence-corrected chi connectivity index (χ0v) is 14.8. The van der Waals surface area contributed by atoms with Gasteiger partial charge in [-0.2, -0.15) is 0 Å². The lowest BCUT2D eigenvalue weighted by Gasteiger charge is -2.25. The largest absolute Gasteiger partial charge is 0.497 e. The minimum atomic E-state index is -0.0858. The van der Waals surface area contributed by atoms with Crippen molar-refractivity contribution in [2.45, 2.75) is 18.9 Å². The van der Waals surface area contributed by atoms with E-state index in [1.807, 2.05) is 53.4 Å². The number of carbonyl (C=O) groups excluding carboxylic acids is 1. The summed E-state index contributed by atoms with van der Waals surface area (Å²) in [5.41, 5.74) is 2.05. The summed E-state index contributed by atoms with van der Waals surface area (Å²) in [6, 6.07) is 15.9. The molecule has 3 aromatic rings. The molecule has 4 rings (SSSR count). The first-order chi connectivity index (χ1) is 12.2. The van der Waals surface area contributed by atoms with Crippen LogP contribution in [0.5, 0.6) is 5.75 Å². The Morgan fingerprint density at radius 1 is 1.24 bits per heavy atom. The molecule has 1 saturated heterocycles. The highest BCUT2D eigenvalue weighted by Gasteiger charge is 2.30. The average molecular weight is 353 g/mol. The first-order valence-electron chi connectivity index (χ1n) is 8.32. The quantitative estimate of drug-likeness (QED) is 0.744. The lowest BCUT2D eigenvalue weighted by Crippen LogP contribution is -2.34. The number of nitrogens with zero attached hydrogens (tertiary/aromatic N) is 2. The molecule has 0 spiro atoms. The van der Waals surface area contributed by atoms with Gasteiger partial charge >= 0.3 is 6.03 Å². The first-order valence-corrected chi connectivity index (χ1v) is 9.13. The van der Waals surface area contributed by atoms with Gasteiger partial charge in [0.2, 0.25) is 0 Å². The van der Waals surface area contributed by atoms with Crippen LogP contribution in [0.2, 0.25) is 0 Å². The molecule has 0 unspecified atom stereocenters. The summed E-state index contributed by atoms with van der Waals surface area (Å²) in [5.74, 6) is 0.826. The van der Waals surface area contributed by atoms with Gasteiger partial charge in [0, 0.05) is 6.54 Å². The monoisotopic (exact) mass is 353 g/mol. The number of carbonyl (C=O) groups is 1. The number of para-hydroxylation sites is 1. The third kappa shape index (κ3) is 3.17. The summed E-state index contributed by atoms with van der Waals surface area (Å²) in [5, 5.41) is 3.61. The smallest absolute Gasteiger partial charge is 0.324 e. The van der Waals surface area contributed by atoms with Crippen molar-refractivity contribution in [3.8, 4) is 5.75 Å². The van der Waals surface area contributed by atoms with Crippen LogP contribution in [-0.4, -0.2) is 29.6 Å². The number of hydrogen-bond donors (Lipinski definition) is 1. The summed E-state index contributed by atoms with van der Waals surface area (Å²) < 4.78 is 6.29. The lowest BCUT2D eigenvalue weighted by molar-refractivity contribution is 0.207. The van der Waals surface area contributed by atoms with E-state index < -0.39 is 0 Å². The summed E-state index contributed by atoms with van der Waals surface area (Å²) >= 11 is 1.50. The summed E-state index contributed by atoms with van der Waals surface area (Å²) in [4.78, 5) is 19.1. The fourth-order valence-corrected chi connectivity index (χ4v) is 4.13. The van der Waals surface area contributed by atoms with Crippen molar-refractivity contribution in [2.24, 2.45) is 0 Å². The Morgan fingerprint density at radius 2 is 2.04 bits per heavy atom. The maximum atomic E-state index is 12.8. The van der Waals surface area contributed by atoms with Crippen molar-refractivity contribution >= 4 is 32.7 Å². The molecule has 25 heavy (non-hydrogen) atoms. The van der Waals surface area contributed by atoms with E-state index in [0.29, 0.717) is 5.13 Å². The molecular weight excluding hydrogens is 334 g/mol. The van der Waals surface area contributed by atoms with Crippen LogP contribution >= 0.6 is 11.3 Å². The van der Waals surface area contributed by atoms with Crippen LogP contribution in [0.1, 0.15) is 24.4 Å². The first kappa shape index (κ1) is 15.9. The van der Waals surface area contributed by atoms with Crippen molar-refractivity contribution in [1.82, 2.24) is 9.88 Å². The minimum absolute atomic E-state index is 0.0858. The van der Waals surface area contributed by atoms with Gasteiger partial charge < -0.3 is 9.64 Å². The van der Waals surface area contributed by atoms with Gasteiger partial charge in [0.15, 0.2) is 5.13 Å². The van der Waals surface area contributed by atoms with Gasteiger partial charge in [-0.25, -0.2) is 9.78 Å². The van der Waals surface area contributed by atoms with Crippen LogP contribution in [0.15, 0.2) is 48.5 Å². The van der Waals surface area contributed by atoms with Gasteiger partial charge in [0.1, 0.15) is 5.75 Å². The summed E-state index contributed by atoms with van der Waals surface area (Å²) in [7, 11) is 1.66. The Hall–Kier alpha value is -2.60. The van der Waals surface area contributed by atoms with Gasteiger partial charge in [0.05, 0.1) is 23.4 Å². The van der Waals surface area contributed by atoms with Crippen LogP contribution in [-0.2, 0) is 0 Å². The van der Waals surface area contributed by atoms with Crippen molar-refractivity contribution < 1.29 is 9.53 Å². The highest BCUT2D eigenvalue weighted by molar-refractivity contribution is 7.22. The van der Waals surface area contributed by atoms with E-state index in [-0.39, 0.29) is 12.1 Å². The number of aromatic nitrogens is 1. The number of rotatable bonds is 3. The average Bonchev–Trinajstić information content (AvgIpc) is 3.28. The van der Waals surface area contributed by atoms with E-state index in [9.17, 15) is 4.79 Å². The van der Waals surface area contributed by atoms with Crippen LogP contribution < -0.4 is 10.1 Å². The second-order valence-electron chi connectivity index (χ2n) is 6.04. The second-order valence-corrected chi connectivity index (χ2v) is 7.07. The van der Waals surface area contributed by atoms with E-state index in [2.05, 4.69) is 10.3 Å². The molecule has 0 saturated carbocycles. The third-order valence-electron chi connectivity index (χ3n) is 4.52. The number of amides is 2. The van der Waals surface area contributed by atoms with Crippen LogP contribution in [0.4, 0.5) is 9.93 Å². The highest BCUT2D eigenvalue weighted by atomic mass is 32.1. The van der Waals surface area contributed by atoms with E-state index >= 15 is 0 Å². The number of benzene rings is 2. The highest BCUT2D eigenvalue weighted by Crippen LogP contribution is 2.34. The molecule has 1 aromatic heterocycles. The number of thiazole rings is 1. The molecule has 1 N–H and O–H groups in total. The maximum Gasteiger partial charge on any atom is 0.324 e. The summed E-state index contributed by atoms with van der Waals surface area (Å²) in [6.45, 7) is 0.757. The molecule has 2 heterocycles. The number of nitrogens with one attached hydrogen (secondary N) is 1. The fourth-order valence-electron chi connectivity index (χ4n) is 3.27. The number of likely N-dealkylation sites (tertiary alicyclic amines) is 1. The number of ether oxygens (including phenoxy) is 1. The fraction of sp³-hybridized carbons (Fsp3) is 0.263. The molecule has 2 aromatic carbocycles. The number of anilines is 1. The minimum Gasteiger partial charge on any atom is -0.497 e. The van der Waals surface area contributed by atoms with Crippen molar-refractivity contribution in [2.75, 3.05) is 19.0 Å². The Bertz CT molecular complexity index is 858. The van der Waals surface area contributed by atoms with Gasteiger partial charge in [-0.05, 0) is 42.7 Å². The van der Waals surface area contributed by atoms with Crippen molar-refractivity contribution in [3.05, 3.63) is 54.1 Å². The third-order valence-corrected chi connectivity index (χ3v) is 5.47. The predicted molar refractivity (Wildman–Crippen MR) is 100 cm³/mol. The standard InChI is InChI=1S/C19H19N3O2S/c1-24-14-10-8-13(9-11-14)16-6-4-12-22(16)19(23)21-18-20-15-5-2-3-7-17(15)25-18/h2-3,5,7-11,16H,4,6,12H2,1H3,(H,20,21,23)/t16-/m0/s1. The molecule has 6 heteroatoms. The van der Waals surface area contributed by atoms with Gasteiger partial charge in [-0.3, -0.25) is 5.32 Å². The molecule has 0 aliphatic carbocycles. The molecule has 0 bridgehead atoms. The number of hydrogen-bond acceptors (Lipinski definition) is 4. The Balaban J connectivity index is 1.51. The SMILES string of the molecule is COc1ccc([C@@H]2CCCN2C(=O)Nc2nc3ccccc3s2)cc1. The lowest BCUT2D eigenvalue weighted by atomic mass is 10.0. The molecule has 1 fully saturated rings. The molecule has 128 valence electrons. The second kappa shape index (κ2) is 6.72.